The van der Waals surface area contributed by atoms with Crippen molar-refractivity contribution in [2.75, 3.05) is 23.6 Å². The Balaban J connectivity index is 1.76. The SMILES string of the molecule is COc1ccccc1C(=O)NNc1ncnc(Nc2cc(Cl)ccc2Cl)c1N. The van der Waals surface area contributed by atoms with Crippen LogP contribution in [0.5, 0.6) is 5.75 Å². The van der Waals surface area contributed by atoms with Crippen molar-refractivity contribution in [2.45, 2.75) is 0 Å². The molecule has 0 aliphatic carbocycles. The molecular formula is C18H16Cl2N6O2. The number of carbonyl (C=O) groups excluding carboxylic acids is 1. The molecule has 28 heavy (non-hydrogen) atoms. The van der Waals surface area contributed by atoms with Crippen LogP contribution in [0.1, 0.15) is 10.4 Å². The lowest BCUT2D eigenvalue weighted by atomic mass is 10.2. The van der Waals surface area contributed by atoms with Gasteiger partial charge < -0.3 is 15.8 Å². The quantitative estimate of drug-likeness (QED) is 0.449. The molecule has 0 atom stereocenters. The number of aromatic nitrogens is 2. The van der Waals surface area contributed by atoms with Crippen LogP contribution < -0.4 is 26.6 Å². The number of benzene rings is 2. The first-order valence-electron chi connectivity index (χ1n) is 8.01. The van der Waals surface area contributed by atoms with Crippen molar-refractivity contribution in [1.29, 1.82) is 0 Å². The van der Waals surface area contributed by atoms with Crippen molar-refractivity contribution in [1.82, 2.24) is 15.4 Å². The Hall–Kier alpha value is -3.23. The lowest BCUT2D eigenvalue weighted by Crippen LogP contribution is -2.30. The van der Waals surface area contributed by atoms with Gasteiger partial charge >= 0.3 is 0 Å². The molecule has 0 saturated carbocycles. The van der Waals surface area contributed by atoms with Gasteiger partial charge in [-0.2, -0.15) is 0 Å². The molecule has 0 bridgehead atoms. The zero-order chi connectivity index (χ0) is 20.1. The third kappa shape index (κ3) is 4.36. The Morgan fingerprint density at radius 1 is 1.11 bits per heavy atom. The van der Waals surface area contributed by atoms with Crippen LogP contribution in [-0.4, -0.2) is 23.0 Å². The number of ether oxygens (including phenoxy) is 1. The first-order chi connectivity index (χ1) is 13.5. The van der Waals surface area contributed by atoms with Crippen LogP contribution in [0.2, 0.25) is 10.0 Å². The number of methoxy groups -OCH3 is 1. The normalized spacial score (nSPS) is 10.2. The minimum absolute atomic E-state index is 0.180. The molecule has 1 aromatic heterocycles. The first kappa shape index (κ1) is 19.5. The molecule has 0 spiro atoms. The smallest absolute Gasteiger partial charge is 0.273 e. The summed E-state index contributed by atoms with van der Waals surface area (Å²) in [5.74, 6) is 0.533. The van der Waals surface area contributed by atoms with E-state index in [1.807, 2.05) is 0 Å². The lowest BCUT2D eigenvalue weighted by Gasteiger charge is -2.14. The maximum Gasteiger partial charge on any atom is 0.273 e. The highest BCUT2D eigenvalue weighted by Gasteiger charge is 2.14. The number of carbonyl (C=O) groups is 1. The summed E-state index contributed by atoms with van der Waals surface area (Å²) in [6, 6.07) is 11.8. The Labute approximate surface area is 171 Å². The van der Waals surface area contributed by atoms with Gasteiger partial charge in [0, 0.05) is 5.02 Å². The molecule has 0 aliphatic heterocycles. The van der Waals surface area contributed by atoms with E-state index in [1.165, 1.54) is 13.4 Å². The van der Waals surface area contributed by atoms with Gasteiger partial charge in [0.1, 0.15) is 17.8 Å². The first-order valence-corrected chi connectivity index (χ1v) is 8.77. The van der Waals surface area contributed by atoms with Crippen molar-refractivity contribution in [2.24, 2.45) is 0 Å². The van der Waals surface area contributed by atoms with Gasteiger partial charge in [-0.3, -0.25) is 15.6 Å². The number of para-hydroxylation sites is 1. The standard InChI is InChI=1S/C18H16Cl2N6O2/c1-28-14-5-3-2-4-11(14)18(27)26-25-17-15(21)16(22-9-23-17)24-13-8-10(19)6-7-12(13)20/h2-9H,21H2,1H3,(H,26,27)(H2,22,23,24,25). The fraction of sp³-hybridized carbons (Fsp3) is 0.0556. The average Bonchev–Trinajstić information content (AvgIpc) is 2.71. The van der Waals surface area contributed by atoms with E-state index in [1.54, 1.807) is 42.5 Å². The zero-order valence-electron chi connectivity index (χ0n) is 14.7. The zero-order valence-corrected chi connectivity index (χ0v) is 16.2. The summed E-state index contributed by atoms with van der Waals surface area (Å²) in [6.07, 6.45) is 1.29. The minimum atomic E-state index is -0.414. The summed E-state index contributed by atoms with van der Waals surface area (Å²) in [6.45, 7) is 0. The largest absolute Gasteiger partial charge is 0.496 e. The highest BCUT2D eigenvalue weighted by Crippen LogP contribution is 2.31. The van der Waals surface area contributed by atoms with Gasteiger partial charge in [0.05, 0.1) is 23.4 Å². The molecule has 1 heterocycles. The topological polar surface area (TPSA) is 114 Å². The molecule has 0 fully saturated rings. The van der Waals surface area contributed by atoms with Gasteiger partial charge in [0.25, 0.3) is 5.91 Å². The number of nitrogens with one attached hydrogen (secondary N) is 3. The lowest BCUT2D eigenvalue weighted by molar-refractivity contribution is 0.0959. The minimum Gasteiger partial charge on any atom is -0.496 e. The Bertz CT molecular complexity index is 1020. The third-order valence-electron chi connectivity index (χ3n) is 3.71. The molecule has 8 nitrogen and oxygen atoms in total. The second-order valence-corrected chi connectivity index (χ2v) is 6.36. The maximum absolute atomic E-state index is 12.4. The van der Waals surface area contributed by atoms with Crippen molar-refractivity contribution >= 4 is 52.1 Å². The van der Waals surface area contributed by atoms with Crippen LogP contribution >= 0.6 is 23.2 Å². The number of amides is 1. The third-order valence-corrected chi connectivity index (χ3v) is 4.28. The Morgan fingerprint density at radius 3 is 2.64 bits per heavy atom. The number of halogens is 2. The van der Waals surface area contributed by atoms with Crippen LogP contribution in [-0.2, 0) is 0 Å². The average molecular weight is 419 g/mol. The van der Waals surface area contributed by atoms with Gasteiger partial charge in [0.15, 0.2) is 11.6 Å². The van der Waals surface area contributed by atoms with E-state index in [9.17, 15) is 4.79 Å². The fourth-order valence-electron chi connectivity index (χ4n) is 2.33. The molecule has 3 rings (SSSR count). The Morgan fingerprint density at radius 2 is 1.86 bits per heavy atom. The van der Waals surface area contributed by atoms with E-state index in [4.69, 9.17) is 33.7 Å². The van der Waals surface area contributed by atoms with E-state index in [2.05, 4.69) is 26.1 Å². The summed E-state index contributed by atoms with van der Waals surface area (Å²) in [4.78, 5) is 20.5. The van der Waals surface area contributed by atoms with Gasteiger partial charge in [-0.05, 0) is 30.3 Å². The molecule has 0 radical (unpaired) electrons. The van der Waals surface area contributed by atoms with Crippen molar-refractivity contribution in [3.05, 3.63) is 64.4 Å². The van der Waals surface area contributed by atoms with Gasteiger partial charge in [-0.25, -0.2) is 9.97 Å². The summed E-state index contributed by atoms with van der Waals surface area (Å²) < 4.78 is 5.18. The van der Waals surface area contributed by atoms with Crippen LogP contribution in [0.15, 0.2) is 48.8 Å². The number of rotatable bonds is 6. The van der Waals surface area contributed by atoms with Gasteiger partial charge in [0.2, 0.25) is 0 Å². The molecule has 5 N–H and O–H groups in total. The molecule has 3 aromatic rings. The van der Waals surface area contributed by atoms with Crippen molar-refractivity contribution in [3.8, 4) is 5.75 Å². The van der Waals surface area contributed by atoms with E-state index in [-0.39, 0.29) is 11.5 Å². The van der Waals surface area contributed by atoms with Gasteiger partial charge in [-0.15, -0.1) is 0 Å². The Kier molecular flexibility index (Phi) is 6.03. The molecule has 10 heteroatoms. The van der Waals surface area contributed by atoms with Crippen molar-refractivity contribution in [3.63, 3.8) is 0 Å². The van der Waals surface area contributed by atoms with E-state index >= 15 is 0 Å². The number of hydrogen-bond donors (Lipinski definition) is 4. The van der Waals surface area contributed by atoms with E-state index < -0.39 is 5.91 Å². The van der Waals surface area contributed by atoms with Crippen LogP contribution in [0.3, 0.4) is 0 Å². The number of nitrogens with two attached hydrogens (primary N) is 1. The molecule has 0 aliphatic rings. The monoisotopic (exact) mass is 418 g/mol. The summed E-state index contributed by atoms with van der Waals surface area (Å²) >= 11 is 12.1. The summed E-state index contributed by atoms with van der Waals surface area (Å²) in [5.41, 5.74) is 12.4. The van der Waals surface area contributed by atoms with E-state index in [0.29, 0.717) is 32.9 Å². The summed E-state index contributed by atoms with van der Waals surface area (Å²) in [7, 11) is 1.49. The number of hydrazine groups is 1. The number of nitrogens with zero attached hydrogens (tertiary/aromatic N) is 2. The molecule has 2 aromatic carbocycles. The van der Waals surface area contributed by atoms with Crippen LogP contribution in [0, 0.1) is 0 Å². The highest BCUT2D eigenvalue weighted by atomic mass is 35.5. The van der Waals surface area contributed by atoms with Crippen LogP contribution in [0.25, 0.3) is 0 Å². The second kappa shape index (κ2) is 8.64. The molecule has 144 valence electrons. The molecule has 0 saturated heterocycles. The number of anilines is 4. The highest BCUT2D eigenvalue weighted by molar-refractivity contribution is 6.35. The van der Waals surface area contributed by atoms with Gasteiger partial charge in [-0.1, -0.05) is 35.3 Å². The number of hydrogen-bond acceptors (Lipinski definition) is 7. The van der Waals surface area contributed by atoms with Crippen LogP contribution in [0.4, 0.5) is 23.0 Å². The van der Waals surface area contributed by atoms with Crippen molar-refractivity contribution < 1.29 is 9.53 Å². The fourth-order valence-corrected chi connectivity index (χ4v) is 2.67. The second-order valence-electron chi connectivity index (χ2n) is 5.51. The predicted molar refractivity (Wildman–Crippen MR) is 110 cm³/mol. The predicted octanol–water partition coefficient (Wildman–Crippen LogP) is 3.87. The maximum atomic E-state index is 12.4. The number of nitrogen functional groups attached to an aromatic ring is 1. The summed E-state index contributed by atoms with van der Waals surface area (Å²) in [5, 5.41) is 3.94. The molecular weight excluding hydrogens is 403 g/mol. The molecule has 0 unspecified atom stereocenters. The molecule has 1 amide bonds. The van der Waals surface area contributed by atoms with E-state index in [0.717, 1.165) is 0 Å².